The van der Waals surface area contributed by atoms with Crippen LogP contribution in [-0.4, -0.2) is 30.3 Å². The van der Waals surface area contributed by atoms with E-state index in [1.54, 1.807) is 24.3 Å². The SMILES string of the molecule is CCCOC(=O)c1ccc(NC=C2C(=O)OC(C)(C)OC2=O)cc1. The second kappa shape index (κ2) is 7.16. The van der Waals surface area contributed by atoms with E-state index in [1.807, 2.05) is 6.92 Å². The van der Waals surface area contributed by atoms with Crippen molar-refractivity contribution in [2.24, 2.45) is 0 Å². The van der Waals surface area contributed by atoms with E-state index in [0.717, 1.165) is 6.42 Å². The van der Waals surface area contributed by atoms with Crippen molar-refractivity contribution in [1.29, 1.82) is 0 Å². The quantitative estimate of drug-likeness (QED) is 0.502. The molecule has 0 aliphatic carbocycles. The lowest BCUT2D eigenvalue weighted by Crippen LogP contribution is -2.42. The monoisotopic (exact) mass is 333 g/mol. The maximum absolute atomic E-state index is 11.8. The normalized spacial score (nSPS) is 16.0. The van der Waals surface area contributed by atoms with Gasteiger partial charge in [-0.15, -0.1) is 0 Å². The summed E-state index contributed by atoms with van der Waals surface area (Å²) >= 11 is 0. The summed E-state index contributed by atoms with van der Waals surface area (Å²) in [4.78, 5) is 35.3. The Morgan fingerprint density at radius 2 is 1.75 bits per heavy atom. The van der Waals surface area contributed by atoms with Crippen molar-refractivity contribution in [3.05, 3.63) is 41.6 Å². The summed E-state index contributed by atoms with van der Waals surface area (Å²) in [6.07, 6.45) is 1.96. The van der Waals surface area contributed by atoms with Gasteiger partial charge in [0.05, 0.1) is 12.2 Å². The van der Waals surface area contributed by atoms with Crippen molar-refractivity contribution < 1.29 is 28.6 Å². The average molecular weight is 333 g/mol. The topological polar surface area (TPSA) is 90.9 Å². The van der Waals surface area contributed by atoms with Crippen LogP contribution < -0.4 is 5.32 Å². The molecule has 0 atom stereocenters. The van der Waals surface area contributed by atoms with E-state index in [2.05, 4.69) is 5.32 Å². The maximum Gasteiger partial charge on any atom is 0.350 e. The molecule has 0 saturated carbocycles. The van der Waals surface area contributed by atoms with Crippen molar-refractivity contribution >= 4 is 23.6 Å². The van der Waals surface area contributed by atoms with Gasteiger partial charge in [-0.3, -0.25) is 0 Å². The molecule has 1 aromatic carbocycles. The van der Waals surface area contributed by atoms with Gasteiger partial charge in [0.1, 0.15) is 0 Å². The average Bonchev–Trinajstić information content (AvgIpc) is 2.51. The van der Waals surface area contributed by atoms with E-state index in [4.69, 9.17) is 14.2 Å². The lowest BCUT2D eigenvalue weighted by Gasteiger charge is -2.29. The number of ether oxygens (including phenoxy) is 3. The molecule has 7 heteroatoms. The number of rotatable bonds is 5. The highest BCUT2D eigenvalue weighted by Gasteiger charge is 2.38. The minimum absolute atomic E-state index is 0.235. The summed E-state index contributed by atoms with van der Waals surface area (Å²) in [5.41, 5.74) is 0.764. The molecule has 128 valence electrons. The molecule has 7 nitrogen and oxygen atoms in total. The van der Waals surface area contributed by atoms with E-state index < -0.39 is 23.7 Å². The third-order valence-electron chi connectivity index (χ3n) is 3.06. The lowest BCUT2D eigenvalue weighted by molar-refractivity contribution is -0.222. The number of carbonyl (C=O) groups is 3. The second-order valence-electron chi connectivity index (χ2n) is 5.59. The van der Waals surface area contributed by atoms with Gasteiger partial charge >= 0.3 is 17.9 Å². The molecule has 0 aromatic heterocycles. The number of benzene rings is 1. The highest BCUT2D eigenvalue weighted by Crippen LogP contribution is 2.22. The van der Waals surface area contributed by atoms with Crippen LogP contribution in [0.1, 0.15) is 37.6 Å². The van der Waals surface area contributed by atoms with Crippen LogP contribution in [0.3, 0.4) is 0 Å². The van der Waals surface area contributed by atoms with E-state index in [-0.39, 0.29) is 5.57 Å². The van der Waals surface area contributed by atoms with Gasteiger partial charge in [0.15, 0.2) is 5.57 Å². The van der Waals surface area contributed by atoms with E-state index in [0.29, 0.717) is 17.9 Å². The van der Waals surface area contributed by atoms with Gasteiger partial charge in [-0.1, -0.05) is 6.92 Å². The van der Waals surface area contributed by atoms with Gasteiger partial charge in [-0.25, -0.2) is 14.4 Å². The summed E-state index contributed by atoms with van der Waals surface area (Å²) in [6, 6.07) is 6.42. The number of nitrogens with one attached hydrogen (secondary N) is 1. The number of hydrogen-bond donors (Lipinski definition) is 1. The zero-order valence-electron chi connectivity index (χ0n) is 13.8. The molecular weight excluding hydrogens is 314 g/mol. The van der Waals surface area contributed by atoms with Gasteiger partial charge in [0.2, 0.25) is 0 Å². The Labute approximate surface area is 139 Å². The number of anilines is 1. The predicted octanol–water partition coefficient (Wildman–Crippen LogP) is 2.39. The highest BCUT2D eigenvalue weighted by atomic mass is 16.7. The Kier molecular flexibility index (Phi) is 5.23. The van der Waals surface area contributed by atoms with Crippen LogP contribution in [0.2, 0.25) is 0 Å². The molecule has 1 heterocycles. The summed E-state index contributed by atoms with van der Waals surface area (Å²) in [6.45, 7) is 5.23. The maximum atomic E-state index is 11.8. The van der Waals surface area contributed by atoms with E-state index in [9.17, 15) is 14.4 Å². The Morgan fingerprint density at radius 1 is 1.17 bits per heavy atom. The van der Waals surface area contributed by atoms with Crippen LogP contribution in [0.25, 0.3) is 0 Å². The predicted molar refractivity (Wildman–Crippen MR) is 85.0 cm³/mol. The minimum atomic E-state index is -1.27. The summed E-state index contributed by atoms with van der Waals surface area (Å²) in [5.74, 6) is -3.19. The van der Waals surface area contributed by atoms with Crippen molar-refractivity contribution in [2.75, 3.05) is 11.9 Å². The summed E-state index contributed by atoms with van der Waals surface area (Å²) in [7, 11) is 0. The minimum Gasteiger partial charge on any atom is -0.462 e. The Morgan fingerprint density at radius 3 is 2.29 bits per heavy atom. The van der Waals surface area contributed by atoms with Gasteiger partial charge < -0.3 is 19.5 Å². The highest BCUT2D eigenvalue weighted by molar-refractivity contribution is 6.15. The molecule has 0 bridgehead atoms. The molecule has 1 N–H and O–H groups in total. The summed E-state index contributed by atoms with van der Waals surface area (Å²) in [5, 5.41) is 2.80. The third-order valence-corrected chi connectivity index (χ3v) is 3.06. The standard InChI is InChI=1S/C17H19NO6/c1-4-9-22-14(19)11-5-7-12(8-6-11)18-10-13-15(20)23-17(2,3)24-16(13)21/h5-8,10,18H,4,9H2,1-3H3. The third kappa shape index (κ3) is 4.34. The summed E-state index contributed by atoms with van der Waals surface area (Å²) < 4.78 is 15.0. The van der Waals surface area contributed by atoms with Crippen LogP contribution in [0, 0.1) is 0 Å². The van der Waals surface area contributed by atoms with E-state index in [1.165, 1.54) is 20.0 Å². The molecule has 1 aliphatic rings. The zero-order chi connectivity index (χ0) is 17.7. The second-order valence-corrected chi connectivity index (χ2v) is 5.59. The van der Waals surface area contributed by atoms with Crippen molar-refractivity contribution in [1.82, 2.24) is 0 Å². The molecule has 2 rings (SSSR count). The molecule has 0 radical (unpaired) electrons. The molecular formula is C17H19NO6. The fraction of sp³-hybridized carbons (Fsp3) is 0.353. The first kappa shape index (κ1) is 17.5. The molecule has 0 amide bonds. The van der Waals surface area contributed by atoms with Crippen LogP contribution >= 0.6 is 0 Å². The molecule has 1 aliphatic heterocycles. The first-order valence-corrected chi connectivity index (χ1v) is 7.53. The molecule has 0 unspecified atom stereocenters. The number of carbonyl (C=O) groups excluding carboxylic acids is 3. The fourth-order valence-corrected chi connectivity index (χ4v) is 1.91. The van der Waals surface area contributed by atoms with Gasteiger partial charge in [0, 0.05) is 25.7 Å². The smallest absolute Gasteiger partial charge is 0.350 e. The first-order valence-electron chi connectivity index (χ1n) is 7.53. The Bertz CT molecular complexity index is 653. The van der Waals surface area contributed by atoms with Crippen molar-refractivity contribution in [2.45, 2.75) is 33.0 Å². The molecule has 1 saturated heterocycles. The molecule has 1 fully saturated rings. The van der Waals surface area contributed by atoms with Crippen LogP contribution in [-0.2, 0) is 23.8 Å². The first-order chi connectivity index (χ1) is 11.3. The van der Waals surface area contributed by atoms with Gasteiger partial charge in [-0.05, 0) is 30.7 Å². The largest absolute Gasteiger partial charge is 0.462 e. The van der Waals surface area contributed by atoms with Crippen LogP contribution in [0.5, 0.6) is 0 Å². The molecule has 24 heavy (non-hydrogen) atoms. The molecule has 1 aromatic rings. The van der Waals surface area contributed by atoms with Crippen LogP contribution in [0.15, 0.2) is 36.0 Å². The van der Waals surface area contributed by atoms with Crippen molar-refractivity contribution in [3.63, 3.8) is 0 Å². The fourth-order valence-electron chi connectivity index (χ4n) is 1.91. The van der Waals surface area contributed by atoms with E-state index >= 15 is 0 Å². The van der Waals surface area contributed by atoms with Crippen LogP contribution in [0.4, 0.5) is 5.69 Å². The number of esters is 3. The molecule has 0 spiro atoms. The lowest BCUT2D eigenvalue weighted by atomic mass is 10.2. The Balaban J connectivity index is 2.03. The van der Waals surface area contributed by atoms with Gasteiger partial charge in [0.25, 0.3) is 5.79 Å². The number of hydrogen-bond acceptors (Lipinski definition) is 7. The van der Waals surface area contributed by atoms with Gasteiger partial charge in [-0.2, -0.15) is 0 Å². The number of cyclic esters (lactones) is 2. The zero-order valence-corrected chi connectivity index (χ0v) is 13.8. The van der Waals surface area contributed by atoms with Crippen molar-refractivity contribution in [3.8, 4) is 0 Å². The Hall–Kier alpha value is -2.83.